The number of anilines is 1. The standard InChI is InChI=1S/C12H17BrN2/c1-2-15(9-11-6-7-14-11)12-5-3-4-10(13)8-12/h3-5,8,11,14H,2,6-7,9H2,1H3/t11-/m0/s1. The molecule has 1 aliphatic rings. The predicted octanol–water partition coefficient (Wildman–Crippen LogP) is 2.64. The number of hydrogen-bond acceptors (Lipinski definition) is 2. The summed E-state index contributed by atoms with van der Waals surface area (Å²) in [5, 5.41) is 3.44. The molecule has 2 nitrogen and oxygen atoms in total. The molecule has 2 rings (SSSR count). The van der Waals surface area contributed by atoms with Gasteiger partial charge in [0.2, 0.25) is 0 Å². The number of likely N-dealkylation sites (N-methyl/N-ethyl adjacent to an activating group) is 1. The zero-order valence-electron chi connectivity index (χ0n) is 9.04. The second-order valence-corrected chi connectivity index (χ2v) is 4.87. The van der Waals surface area contributed by atoms with E-state index in [2.05, 4.69) is 57.3 Å². The van der Waals surface area contributed by atoms with Crippen LogP contribution >= 0.6 is 15.9 Å². The lowest BCUT2D eigenvalue weighted by Gasteiger charge is -2.34. The summed E-state index contributed by atoms with van der Waals surface area (Å²) < 4.78 is 1.15. The Kier molecular flexibility index (Phi) is 3.65. The fourth-order valence-electron chi connectivity index (χ4n) is 1.86. The molecule has 82 valence electrons. The van der Waals surface area contributed by atoms with E-state index in [1.54, 1.807) is 0 Å². The maximum atomic E-state index is 3.51. The van der Waals surface area contributed by atoms with Crippen molar-refractivity contribution in [1.29, 1.82) is 0 Å². The van der Waals surface area contributed by atoms with Crippen LogP contribution in [0.5, 0.6) is 0 Å². The Balaban J connectivity index is 2.04. The van der Waals surface area contributed by atoms with Gasteiger partial charge in [-0.15, -0.1) is 0 Å². The molecule has 1 N–H and O–H groups in total. The van der Waals surface area contributed by atoms with Crippen molar-refractivity contribution < 1.29 is 0 Å². The Morgan fingerprint density at radius 3 is 2.87 bits per heavy atom. The van der Waals surface area contributed by atoms with Gasteiger partial charge in [0.15, 0.2) is 0 Å². The number of nitrogens with zero attached hydrogens (tertiary/aromatic N) is 1. The average Bonchev–Trinajstić information content (AvgIpc) is 2.16. The molecular formula is C12H17BrN2. The van der Waals surface area contributed by atoms with E-state index in [-0.39, 0.29) is 0 Å². The van der Waals surface area contributed by atoms with E-state index < -0.39 is 0 Å². The van der Waals surface area contributed by atoms with Crippen LogP contribution in [0.1, 0.15) is 13.3 Å². The quantitative estimate of drug-likeness (QED) is 0.904. The topological polar surface area (TPSA) is 15.3 Å². The average molecular weight is 269 g/mol. The van der Waals surface area contributed by atoms with E-state index in [0.717, 1.165) is 17.6 Å². The van der Waals surface area contributed by atoms with Gasteiger partial charge < -0.3 is 10.2 Å². The molecule has 0 unspecified atom stereocenters. The lowest BCUT2D eigenvalue weighted by atomic mass is 10.1. The fraction of sp³-hybridized carbons (Fsp3) is 0.500. The lowest BCUT2D eigenvalue weighted by Crippen LogP contribution is -2.50. The SMILES string of the molecule is CCN(C[C@@H]1CCN1)c1cccc(Br)c1. The van der Waals surface area contributed by atoms with Gasteiger partial charge in [-0.05, 0) is 38.1 Å². The van der Waals surface area contributed by atoms with Crippen molar-refractivity contribution in [2.45, 2.75) is 19.4 Å². The highest BCUT2D eigenvalue weighted by molar-refractivity contribution is 9.10. The number of halogens is 1. The molecule has 1 atom stereocenters. The predicted molar refractivity (Wildman–Crippen MR) is 68.4 cm³/mol. The van der Waals surface area contributed by atoms with Gasteiger partial charge in [0, 0.05) is 29.3 Å². The van der Waals surface area contributed by atoms with E-state index in [4.69, 9.17) is 0 Å². The molecule has 1 heterocycles. The minimum atomic E-state index is 0.684. The zero-order valence-corrected chi connectivity index (χ0v) is 10.6. The monoisotopic (exact) mass is 268 g/mol. The Morgan fingerprint density at radius 2 is 2.33 bits per heavy atom. The third-order valence-electron chi connectivity index (χ3n) is 2.92. The third kappa shape index (κ3) is 2.73. The number of nitrogens with one attached hydrogen (secondary N) is 1. The molecule has 0 aliphatic carbocycles. The number of hydrogen-bond donors (Lipinski definition) is 1. The molecule has 1 aromatic carbocycles. The summed E-state index contributed by atoms with van der Waals surface area (Å²) in [5.74, 6) is 0. The van der Waals surface area contributed by atoms with Crippen molar-refractivity contribution in [3.63, 3.8) is 0 Å². The molecule has 3 heteroatoms. The van der Waals surface area contributed by atoms with E-state index in [9.17, 15) is 0 Å². The smallest absolute Gasteiger partial charge is 0.0377 e. The summed E-state index contributed by atoms with van der Waals surface area (Å²) in [4.78, 5) is 2.42. The molecule has 0 aromatic heterocycles. The number of rotatable bonds is 4. The van der Waals surface area contributed by atoms with Crippen molar-refractivity contribution in [2.75, 3.05) is 24.5 Å². The van der Waals surface area contributed by atoms with Crippen LogP contribution in [0.3, 0.4) is 0 Å². The molecule has 0 spiro atoms. The first kappa shape index (κ1) is 11.0. The molecule has 15 heavy (non-hydrogen) atoms. The van der Waals surface area contributed by atoms with E-state index in [0.29, 0.717) is 6.04 Å². The highest BCUT2D eigenvalue weighted by atomic mass is 79.9. The minimum Gasteiger partial charge on any atom is -0.370 e. The molecule has 1 fully saturated rings. The van der Waals surface area contributed by atoms with Crippen LogP contribution in [0.2, 0.25) is 0 Å². The molecule has 1 saturated heterocycles. The van der Waals surface area contributed by atoms with Crippen molar-refractivity contribution in [2.24, 2.45) is 0 Å². The highest BCUT2D eigenvalue weighted by Gasteiger charge is 2.19. The second kappa shape index (κ2) is 4.99. The number of benzene rings is 1. The first-order chi connectivity index (χ1) is 7.29. The summed E-state index contributed by atoms with van der Waals surface area (Å²) in [6.07, 6.45) is 1.31. The van der Waals surface area contributed by atoms with E-state index >= 15 is 0 Å². The van der Waals surface area contributed by atoms with Crippen LogP contribution in [0, 0.1) is 0 Å². The fourth-order valence-corrected chi connectivity index (χ4v) is 2.25. The van der Waals surface area contributed by atoms with Crippen molar-refractivity contribution in [3.8, 4) is 0 Å². The normalized spacial score (nSPS) is 19.7. The first-order valence-corrected chi connectivity index (χ1v) is 6.33. The van der Waals surface area contributed by atoms with Gasteiger partial charge in [-0.25, -0.2) is 0 Å². The van der Waals surface area contributed by atoms with Crippen molar-refractivity contribution in [1.82, 2.24) is 5.32 Å². The van der Waals surface area contributed by atoms with Crippen LogP contribution in [0.15, 0.2) is 28.7 Å². The van der Waals surface area contributed by atoms with Crippen LogP contribution < -0.4 is 10.2 Å². The molecular weight excluding hydrogens is 252 g/mol. The van der Waals surface area contributed by atoms with Gasteiger partial charge in [0.25, 0.3) is 0 Å². The van der Waals surface area contributed by atoms with Crippen LogP contribution in [0.4, 0.5) is 5.69 Å². The molecule has 0 bridgehead atoms. The summed E-state index contributed by atoms with van der Waals surface area (Å²) in [7, 11) is 0. The maximum Gasteiger partial charge on any atom is 0.0377 e. The van der Waals surface area contributed by atoms with Gasteiger partial charge in [0.05, 0.1) is 0 Å². The van der Waals surface area contributed by atoms with Crippen LogP contribution in [-0.4, -0.2) is 25.7 Å². The van der Waals surface area contributed by atoms with Crippen molar-refractivity contribution in [3.05, 3.63) is 28.7 Å². The molecule has 0 amide bonds. The third-order valence-corrected chi connectivity index (χ3v) is 3.41. The summed E-state index contributed by atoms with van der Waals surface area (Å²) in [6.45, 7) is 5.57. The van der Waals surface area contributed by atoms with Crippen molar-refractivity contribution >= 4 is 21.6 Å². The molecule has 1 aromatic rings. The van der Waals surface area contributed by atoms with Gasteiger partial charge in [-0.2, -0.15) is 0 Å². The van der Waals surface area contributed by atoms with E-state index in [1.807, 2.05) is 0 Å². The summed E-state index contributed by atoms with van der Waals surface area (Å²) in [6, 6.07) is 9.20. The van der Waals surface area contributed by atoms with Gasteiger partial charge in [-0.3, -0.25) is 0 Å². The first-order valence-electron chi connectivity index (χ1n) is 5.53. The van der Waals surface area contributed by atoms with Crippen LogP contribution in [-0.2, 0) is 0 Å². The van der Waals surface area contributed by atoms with Gasteiger partial charge in [-0.1, -0.05) is 22.0 Å². The Hall–Kier alpha value is -0.540. The van der Waals surface area contributed by atoms with Crippen LogP contribution in [0.25, 0.3) is 0 Å². The second-order valence-electron chi connectivity index (χ2n) is 3.96. The molecule has 1 aliphatic heterocycles. The highest BCUT2D eigenvalue weighted by Crippen LogP contribution is 2.20. The Bertz CT molecular complexity index is 323. The maximum absolute atomic E-state index is 3.51. The van der Waals surface area contributed by atoms with E-state index in [1.165, 1.54) is 18.7 Å². The molecule has 0 radical (unpaired) electrons. The van der Waals surface area contributed by atoms with Gasteiger partial charge in [0.1, 0.15) is 0 Å². The van der Waals surface area contributed by atoms with Gasteiger partial charge >= 0.3 is 0 Å². The lowest BCUT2D eigenvalue weighted by molar-refractivity contribution is 0.371. The largest absolute Gasteiger partial charge is 0.370 e. The summed E-state index contributed by atoms with van der Waals surface area (Å²) in [5.41, 5.74) is 1.31. The summed E-state index contributed by atoms with van der Waals surface area (Å²) >= 11 is 3.51. The Morgan fingerprint density at radius 1 is 1.53 bits per heavy atom. The molecule has 0 saturated carbocycles. The minimum absolute atomic E-state index is 0.684. The zero-order chi connectivity index (χ0) is 10.7. The Labute approximate surface area is 99.8 Å².